The molecule has 162 valence electrons. The molecule has 0 aliphatic rings. The van der Waals surface area contributed by atoms with Crippen LogP contribution < -0.4 is 15.4 Å². The van der Waals surface area contributed by atoms with E-state index in [0.717, 1.165) is 28.0 Å². The highest BCUT2D eigenvalue weighted by Crippen LogP contribution is 2.31. The minimum absolute atomic E-state index is 0. The molecule has 0 amide bonds. The van der Waals surface area contributed by atoms with Crippen LogP contribution in [-0.2, 0) is 0 Å². The number of hydrogen-bond donors (Lipinski definition) is 3. The van der Waals surface area contributed by atoms with Crippen molar-refractivity contribution in [3.63, 3.8) is 0 Å². The molecule has 0 aliphatic heterocycles. The third-order valence-electron chi connectivity index (χ3n) is 4.46. The molecule has 30 heavy (non-hydrogen) atoms. The number of nitrogens with zero attached hydrogens (tertiary/aromatic N) is 2. The maximum atomic E-state index is 10.3. The van der Waals surface area contributed by atoms with Crippen molar-refractivity contribution in [2.24, 2.45) is 4.99 Å². The summed E-state index contributed by atoms with van der Waals surface area (Å²) in [6.45, 7) is 7.48. The van der Waals surface area contributed by atoms with E-state index in [0.29, 0.717) is 19.1 Å². The zero-order valence-electron chi connectivity index (χ0n) is 17.5. The smallest absolute Gasteiger partial charge is 0.191 e. The maximum absolute atomic E-state index is 10.3. The van der Waals surface area contributed by atoms with E-state index in [2.05, 4.69) is 20.6 Å². The van der Waals surface area contributed by atoms with Gasteiger partial charge < -0.3 is 24.9 Å². The van der Waals surface area contributed by atoms with Crippen LogP contribution in [-0.4, -0.2) is 35.7 Å². The molecule has 0 spiro atoms. The average Bonchev–Trinajstić information content (AvgIpc) is 3.18. The zero-order chi connectivity index (χ0) is 20.6. The Bertz CT molecular complexity index is 946. The van der Waals surface area contributed by atoms with Gasteiger partial charge in [0.25, 0.3) is 0 Å². The van der Waals surface area contributed by atoms with Gasteiger partial charge in [0.2, 0.25) is 0 Å². The normalized spacial score (nSPS) is 13.4. The summed E-state index contributed by atoms with van der Waals surface area (Å²) in [4.78, 5) is 8.48. The molecule has 1 aromatic carbocycles. The number of furan rings is 1. The van der Waals surface area contributed by atoms with E-state index < -0.39 is 6.10 Å². The van der Waals surface area contributed by atoms with Gasteiger partial charge in [-0.2, -0.15) is 0 Å². The van der Waals surface area contributed by atoms with E-state index in [1.807, 2.05) is 45.0 Å². The molecule has 7 nitrogen and oxygen atoms in total. The first kappa shape index (κ1) is 23.9. The highest BCUT2D eigenvalue weighted by atomic mass is 127. The van der Waals surface area contributed by atoms with Gasteiger partial charge in [-0.05, 0) is 50.6 Å². The van der Waals surface area contributed by atoms with Gasteiger partial charge >= 0.3 is 0 Å². The highest BCUT2D eigenvalue weighted by Gasteiger charge is 2.16. The molecule has 2 aromatic heterocycles. The van der Waals surface area contributed by atoms with E-state index in [-0.39, 0.29) is 36.6 Å². The molecule has 3 N–H and O–H groups in total. The Hall–Kier alpha value is -2.33. The lowest BCUT2D eigenvalue weighted by Gasteiger charge is -2.17. The third kappa shape index (κ3) is 6.09. The fraction of sp³-hybridized carbons (Fsp3) is 0.364. The fourth-order valence-electron chi connectivity index (χ4n) is 3.00. The zero-order valence-corrected chi connectivity index (χ0v) is 19.8. The van der Waals surface area contributed by atoms with Gasteiger partial charge in [0.1, 0.15) is 5.76 Å². The van der Waals surface area contributed by atoms with Gasteiger partial charge in [-0.25, -0.2) is 0 Å². The molecular formula is C22H29IN4O3. The molecule has 0 bridgehead atoms. The number of guanidine groups is 1. The van der Waals surface area contributed by atoms with E-state index in [1.54, 1.807) is 24.5 Å². The number of pyridine rings is 1. The molecule has 2 heterocycles. The first-order valence-corrected chi connectivity index (χ1v) is 9.90. The lowest BCUT2D eigenvalue weighted by Crippen LogP contribution is -2.39. The lowest BCUT2D eigenvalue weighted by molar-refractivity contribution is 0.187. The van der Waals surface area contributed by atoms with Crippen LogP contribution in [0.4, 0.5) is 0 Å². The van der Waals surface area contributed by atoms with Gasteiger partial charge in [0, 0.05) is 24.3 Å². The van der Waals surface area contributed by atoms with Crippen LogP contribution in [0.2, 0.25) is 0 Å². The quantitative estimate of drug-likeness (QED) is 0.233. The molecular weight excluding hydrogens is 495 g/mol. The standard InChI is InChI=1S/C22H28N4O3.HI/c1-4-24-22(25-14-18(27)16-9-11-23-12-10-16)26-15(3)20-13-17-7-6-8-19(28-5-2)21(17)29-20;/h6-13,15,18,27H,4-5,14H2,1-3H3,(H2,24,25,26);1H. The van der Waals surface area contributed by atoms with Crippen LogP contribution >= 0.6 is 24.0 Å². The van der Waals surface area contributed by atoms with Gasteiger partial charge in [0.15, 0.2) is 17.3 Å². The van der Waals surface area contributed by atoms with Crippen molar-refractivity contribution in [2.75, 3.05) is 19.7 Å². The summed E-state index contributed by atoms with van der Waals surface area (Å²) in [5.41, 5.74) is 1.53. The van der Waals surface area contributed by atoms with Crippen LogP contribution in [0.15, 0.2) is 58.2 Å². The summed E-state index contributed by atoms with van der Waals surface area (Å²) in [5, 5.41) is 17.9. The number of nitrogens with one attached hydrogen (secondary N) is 2. The molecule has 2 atom stereocenters. The number of rotatable bonds is 8. The van der Waals surface area contributed by atoms with Crippen LogP contribution in [0.1, 0.15) is 44.2 Å². The fourth-order valence-corrected chi connectivity index (χ4v) is 3.00. The van der Waals surface area contributed by atoms with Crippen molar-refractivity contribution in [1.82, 2.24) is 15.6 Å². The molecule has 3 rings (SSSR count). The van der Waals surface area contributed by atoms with Crippen molar-refractivity contribution < 1.29 is 14.3 Å². The van der Waals surface area contributed by atoms with Crippen molar-refractivity contribution in [2.45, 2.75) is 32.9 Å². The minimum Gasteiger partial charge on any atom is -0.490 e. The maximum Gasteiger partial charge on any atom is 0.191 e. The summed E-state index contributed by atoms with van der Waals surface area (Å²) < 4.78 is 11.7. The predicted molar refractivity (Wildman–Crippen MR) is 130 cm³/mol. The Balaban J connectivity index is 0.00000320. The average molecular weight is 524 g/mol. The molecule has 0 saturated carbocycles. The first-order chi connectivity index (χ1) is 14.1. The Morgan fingerprint density at radius 2 is 2.00 bits per heavy atom. The van der Waals surface area contributed by atoms with Crippen molar-refractivity contribution in [1.29, 1.82) is 0 Å². The largest absolute Gasteiger partial charge is 0.490 e. The molecule has 0 fully saturated rings. The summed E-state index contributed by atoms with van der Waals surface area (Å²) in [6.07, 6.45) is 2.63. The monoisotopic (exact) mass is 524 g/mol. The Kier molecular flexibility index (Phi) is 9.38. The molecule has 0 saturated heterocycles. The summed E-state index contributed by atoms with van der Waals surface area (Å²) in [5.74, 6) is 2.13. The van der Waals surface area contributed by atoms with Crippen molar-refractivity contribution in [3.8, 4) is 5.75 Å². The van der Waals surface area contributed by atoms with E-state index in [4.69, 9.17) is 9.15 Å². The predicted octanol–water partition coefficient (Wildman–Crippen LogP) is 4.19. The number of aliphatic hydroxyl groups is 1. The summed E-state index contributed by atoms with van der Waals surface area (Å²) in [7, 11) is 0. The number of ether oxygens (including phenoxy) is 1. The molecule has 0 aliphatic carbocycles. The molecule has 2 unspecified atom stereocenters. The first-order valence-electron chi connectivity index (χ1n) is 9.90. The third-order valence-corrected chi connectivity index (χ3v) is 4.46. The molecule has 0 radical (unpaired) electrons. The number of benzene rings is 1. The summed E-state index contributed by atoms with van der Waals surface area (Å²) in [6, 6.07) is 11.3. The highest BCUT2D eigenvalue weighted by molar-refractivity contribution is 14.0. The number of fused-ring (bicyclic) bond motifs is 1. The van der Waals surface area contributed by atoms with Crippen LogP contribution in [0, 0.1) is 0 Å². The van der Waals surface area contributed by atoms with E-state index in [1.165, 1.54) is 0 Å². The minimum atomic E-state index is -0.691. The van der Waals surface area contributed by atoms with Crippen LogP contribution in [0.3, 0.4) is 0 Å². The SMILES string of the molecule is CCNC(=NCC(O)c1ccncc1)NC(C)c1cc2cccc(OCC)c2o1.I. The van der Waals surface area contributed by atoms with Gasteiger partial charge in [0.05, 0.1) is 25.3 Å². The Morgan fingerprint density at radius 1 is 1.23 bits per heavy atom. The second-order valence-corrected chi connectivity index (χ2v) is 6.64. The van der Waals surface area contributed by atoms with Gasteiger partial charge in [-0.3, -0.25) is 9.98 Å². The molecule has 8 heteroatoms. The number of hydrogen-bond acceptors (Lipinski definition) is 5. The number of aromatic nitrogens is 1. The number of halogens is 1. The van der Waals surface area contributed by atoms with Gasteiger partial charge in [-0.15, -0.1) is 24.0 Å². The van der Waals surface area contributed by atoms with Crippen LogP contribution in [0.25, 0.3) is 11.0 Å². The second-order valence-electron chi connectivity index (χ2n) is 6.64. The van der Waals surface area contributed by atoms with Crippen LogP contribution in [0.5, 0.6) is 5.75 Å². The number of aliphatic hydroxyl groups excluding tert-OH is 1. The lowest BCUT2D eigenvalue weighted by atomic mass is 10.1. The number of aliphatic imine (C=N–C) groups is 1. The van der Waals surface area contributed by atoms with E-state index >= 15 is 0 Å². The number of para-hydroxylation sites is 1. The van der Waals surface area contributed by atoms with E-state index in [9.17, 15) is 5.11 Å². The molecule has 3 aromatic rings. The summed E-state index contributed by atoms with van der Waals surface area (Å²) >= 11 is 0. The van der Waals surface area contributed by atoms with Gasteiger partial charge in [-0.1, -0.05) is 12.1 Å². The topological polar surface area (TPSA) is 91.9 Å². The second kappa shape index (κ2) is 11.8. The van der Waals surface area contributed by atoms with Crippen molar-refractivity contribution >= 4 is 40.9 Å². The Labute approximate surface area is 194 Å². The Morgan fingerprint density at radius 3 is 2.70 bits per heavy atom. The van der Waals surface area contributed by atoms with Crippen molar-refractivity contribution in [3.05, 3.63) is 60.1 Å².